The maximum absolute atomic E-state index is 12.5. The summed E-state index contributed by atoms with van der Waals surface area (Å²) in [5.74, 6) is -0.610. The van der Waals surface area contributed by atoms with E-state index < -0.39 is 17.3 Å². The maximum atomic E-state index is 12.5. The van der Waals surface area contributed by atoms with Crippen LogP contribution in [0.5, 0.6) is 0 Å². The lowest BCUT2D eigenvalue weighted by Crippen LogP contribution is -2.56. The lowest BCUT2D eigenvalue weighted by Gasteiger charge is -2.44. The van der Waals surface area contributed by atoms with E-state index in [9.17, 15) is 14.4 Å². The largest absolute Gasteiger partial charge is 0.355 e. The molecule has 1 saturated heterocycles. The van der Waals surface area contributed by atoms with E-state index in [0.717, 1.165) is 19.3 Å². The third-order valence-electron chi connectivity index (χ3n) is 4.71. The fourth-order valence-electron chi connectivity index (χ4n) is 2.93. The second-order valence-electron chi connectivity index (χ2n) is 8.60. The minimum atomic E-state index is -0.806. The molecule has 0 aliphatic carbocycles. The standard InChI is InChI=1S/C21H38N2O5S/c1-6-7-8-9-10-17(25)29-14-13-22-16(24)11-12-23-19(26)18-20(2,3)15-27-21(4,5)28-18/h18H,6-15H2,1-5H3,(H,22,24)(H,23,26)/t18-/m0/s1. The molecule has 1 rings (SSSR count). The number of ether oxygens (including phenoxy) is 2. The summed E-state index contributed by atoms with van der Waals surface area (Å²) in [7, 11) is 0. The molecule has 29 heavy (non-hydrogen) atoms. The topological polar surface area (TPSA) is 93.7 Å². The van der Waals surface area contributed by atoms with E-state index in [2.05, 4.69) is 17.6 Å². The Morgan fingerprint density at radius 3 is 2.41 bits per heavy atom. The summed E-state index contributed by atoms with van der Waals surface area (Å²) in [6.45, 7) is 10.7. The van der Waals surface area contributed by atoms with Gasteiger partial charge in [0.15, 0.2) is 10.9 Å². The minimum absolute atomic E-state index is 0.145. The monoisotopic (exact) mass is 430 g/mol. The molecule has 7 nitrogen and oxygen atoms in total. The molecule has 1 aliphatic heterocycles. The average molecular weight is 431 g/mol. The SMILES string of the molecule is CCCCCCC(=O)SCCNC(=O)CCNC(=O)[C@@H]1OC(C)(C)OCC1(C)C. The zero-order valence-electron chi connectivity index (χ0n) is 18.6. The Kier molecular flexibility index (Phi) is 11.2. The maximum Gasteiger partial charge on any atom is 0.249 e. The predicted octanol–water partition coefficient (Wildman–Crippen LogP) is 3.02. The van der Waals surface area contributed by atoms with Crippen LogP contribution in [0.1, 0.15) is 73.1 Å². The second kappa shape index (κ2) is 12.5. The van der Waals surface area contributed by atoms with Gasteiger partial charge in [-0.25, -0.2) is 0 Å². The van der Waals surface area contributed by atoms with Gasteiger partial charge in [0.1, 0.15) is 6.10 Å². The van der Waals surface area contributed by atoms with Gasteiger partial charge in [-0.2, -0.15) is 0 Å². The summed E-state index contributed by atoms with van der Waals surface area (Å²) in [6, 6.07) is 0. The van der Waals surface area contributed by atoms with Crippen LogP contribution in [0.25, 0.3) is 0 Å². The van der Waals surface area contributed by atoms with E-state index >= 15 is 0 Å². The molecule has 2 N–H and O–H groups in total. The first kappa shape index (κ1) is 25.9. The molecule has 0 aromatic rings. The van der Waals surface area contributed by atoms with E-state index in [4.69, 9.17) is 9.47 Å². The molecular formula is C21H38N2O5S. The summed E-state index contributed by atoms with van der Waals surface area (Å²) in [5, 5.41) is 5.75. The Bertz CT molecular complexity index is 551. The van der Waals surface area contributed by atoms with Gasteiger partial charge in [0.2, 0.25) is 11.8 Å². The van der Waals surface area contributed by atoms with E-state index in [1.807, 2.05) is 13.8 Å². The van der Waals surface area contributed by atoms with Crippen molar-refractivity contribution in [2.45, 2.75) is 85.0 Å². The van der Waals surface area contributed by atoms with Crippen LogP contribution in [0, 0.1) is 5.41 Å². The van der Waals surface area contributed by atoms with Gasteiger partial charge in [-0.05, 0) is 20.3 Å². The van der Waals surface area contributed by atoms with Crippen LogP contribution in [0.3, 0.4) is 0 Å². The van der Waals surface area contributed by atoms with Gasteiger partial charge >= 0.3 is 0 Å². The van der Waals surface area contributed by atoms with Crippen LogP contribution in [-0.2, 0) is 23.9 Å². The molecule has 0 radical (unpaired) electrons. The summed E-state index contributed by atoms with van der Waals surface area (Å²) >= 11 is 1.27. The highest BCUT2D eigenvalue weighted by Crippen LogP contribution is 2.34. The first-order valence-corrected chi connectivity index (χ1v) is 11.6. The zero-order valence-corrected chi connectivity index (χ0v) is 19.4. The first-order valence-electron chi connectivity index (χ1n) is 10.6. The highest BCUT2D eigenvalue weighted by atomic mass is 32.2. The van der Waals surface area contributed by atoms with Gasteiger partial charge in [-0.3, -0.25) is 14.4 Å². The number of carbonyl (C=O) groups is 3. The number of hydrogen-bond donors (Lipinski definition) is 2. The average Bonchev–Trinajstić information content (AvgIpc) is 2.64. The molecule has 8 heteroatoms. The Morgan fingerprint density at radius 2 is 1.72 bits per heavy atom. The van der Waals surface area contributed by atoms with Gasteiger partial charge in [0.25, 0.3) is 0 Å². The van der Waals surface area contributed by atoms with Crippen molar-refractivity contribution in [3.63, 3.8) is 0 Å². The molecule has 1 aliphatic rings. The lowest BCUT2D eigenvalue weighted by molar-refractivity contribution is -0.304. The smallest absolute Gasteiger partial charge is 0.249 e. The fraction of sp³-hybridized carbons (Fsp3) is 0.857. The van der Waals surface area contributed by atoms with Crippen LogP contribution in [0.2, 0.25) is 0 Å². The fourth-order valence-corrected chi connectivity index (χ4v) is 3.65. The molecule has 0 aromatic carbocycles. The molecule has 1 fully saturated rings. The summed E-state index contributed by atoms with van der Waals surface area (Å²) in [6.07, 6.45) is 4.52. The Labute approximate surface area is 179 Å². The summed E-state index contributed by atoms with van der Waals surface area (Å²) in [5.41, 5.74) is -0.442. The number of unbranched alkanes of at least 4 members (excludes halogenated alkanes) is 3. The summed E-state index contributed by atoms with van der Waals surface area (Å²) in [4.78, 5) is 36.1. The Hall–Kier alpha value is -1.12. The van der Waals surface area contributed by atoms with Crippen LogP contribution < -0.4 is 10.6 Å². The van der Waals surface area contributed by atoms with Crippen molar-refractivity contribution in [2.75, 3.05) is 25.4 Å². The van der Waals surface area contributed by atoms with Gasteiger partial charge in [0, 0.05) is 37.1 Å². The van der Waals surface area contributed by atoms with Crippen molar-refractivity contribution in [3.8, 4) is 0 Å². The van der Waals surface area contributed by atoms with E-state index in [1.165, 1.54) is 18.2 Å². The van der Waals surface area contributed by atoms with Crippen LogP contribution in [0.15, 0.2) is 0 Å². The third-order valence-corrected chi connectivity index (χ3v) is 5.65. The number of carbonyl (C=O) groups excluding carboxylic acids is 3. The highest BCUT2D eigenvalue weighted by molar-refractivity contribution is 8.13. The Morgan fingerprint density at radius 1 is 1.00 bits per heavy atom. The van der Waals surface area contributed by atoms with Crippen molar-refractivity contribution in [1.29, 1.82) is 0 Å². The first-order chi connectivity index (χ1) is 13.6. The van der Waals surface area contributed by atoms with Gasteiger partial charge in [0.05, 0.1) is 6.61 Å². The number of rotatable bonds is 12. The van der Waals surface area contributed by atoms with Gasteiger partial charge in [-0.1, -0.05) is 51.8 Å². The predicted molar refractivity (Wildman–Crippen MR) is 116 cm³/mol. The van der Waals surface area contributed by atoms with E-state index in [0.29, 0.717) is 25.3 Å². The summed E-state index contributed by atoms with van der Waals surface area (Å²) < 4.78 is 11.4. The van der Waals surface area contributed by atoms with Gasteiger partial charge in [-0.15, -0.1) is 0 Å². The van der Waals surface area contributed by atoms with Crippen molar-refractivity contribution in [2.24, 2.45) is 5.41 Å². The van der Waals surface area contributed by atoms with Gasteiger partial charge < -0.3 is 20.1 Å². The third kappa shape index (κ3) is 10.5. The van der Waals surface area contributed by atoms with Crippen LogP contribution in [0.4, 0.5) is 0 Å². The molecule has 1 heterocycles. The van der Waals surface area contributed by atoms with Crippen molar-refractivity contribution in [3.05, 3.63) is 0 Å². The molecular weight excluding hydrogens is 392 g/mol. The number of amides is 2. The van der Waals surface area contributed by atoms with Crippen molar-refractivity contribution in [1.82, 2.24) is 10.6 Å². The lowest BCUT2D eigenvalue weighted by atomic mass is 9.85. The second-order valence-corrected chi connectivity index (χ2v) is 9.75. The van der Waals surface area contributed by atoms with Crippen molar-refractivity contribution < 1.29 is 23.9 Å². The van der Waals surface area contributed by atoms with Crippen molar-refractivity contribution >= 4 is 28.7 Å². The quantitative estimate of drug-likeness (QED) is 0.462. The van der Waals surface area contributed by atoms with Crippen LogP contribution in [-0.4, -0.2) is 54.3 Å². The minimum Gasteiger partial charge on any atom is -0.355 e. The van der Waals surface area contributed by atoms with E-state index in [-0.39, 0.29) is 29.9 Å². The molecule has 0 unspecified atom stereocenters. The molecule has 0 spiro atoms. The molecule has 0 aromatic heterocycles. The molecule has 2 amide bonds. The molecule has 168 valence electrons. The van der Waals surface area contributed by atoms with E-state index in [1.54, 1.807) is 13.8 Å². The molecule has 0 saturated carbocycles. The number of nitrogens with one attached hydrogen (secondary N) is 2. The number of thioether (sulfide) groups is 1. The Balaban J connectivity index is 2.17. The van der Waals surface area contributed by atoms with Crippen LogP contribution >= 0.6 is 11.8 Å². The zero-order chi connectivity index (χ0) is 21.9. The normalized spacial score (nSPS) is 20.1. The molecule has 1 atom stereocenters. The number of hydrogen-bond acceptors (Lipinski definition) is 6. The highest BCUT2D eigenvalue weighted by Gasteiger charge is 2.45. The molecule has 0 bridgehead atoms.